The zero-order chi connectivity index (χ0) is 19.3. The van der Waals surface area contributed by atoms with Crippen LogP contribution >= 0.6 is 0 Å². The van der Waals surface area contributed by atoms with Gasteiger partial charge in [0.2, 0.25) is 11.9 Å². The van der Waals surface area contributed by atoms with Gasteiger partial charge in [-0.2, -0.15) is 9.67 Å². The van der Waals surface area contributed by atoms with Gasteiger partial charge in [-0.1, -0.05) is 6.07 Å². The van der Waals surface area contributed by atoms with Gasteiger partial charge in [-0.15, -0.1) is 5.10 Å². The molecule has 3 N–H and O–H groups in total. The van der Waals surface area contributed by atoms with Gasteiger partial charge in [0.1, 0.15) is 6.61 Å². The summed E-state index contributed by atoms with van der Waals surface area (Å²) >= 11 is 0. The average Bonchev–Trinajstić information content (AvgIpc) is 3.34. The summed E-state index contributed by atoms with van der Waals surface area (Å²) in [5, 5.41) is 7.22. The predicted molar refractivity (Wildman–Crippen MR) is 104 cm³/mol. The topological polar surface area (TPSA) is 94.1 Å². The fraction of sp³-hybridized carbons (Fsp3) is 0.316. The number of nitrogens with two attached hydrogens (primary N) is 1. The highest BCUT2D eigenvalue weighted by atomic mass is 19.1. The highest BCUT2D eigenvalue weighted by molar-refractivity contribution is 5.56. The second kappa shape index (κ2) is 8.22. The van der Waals surface area contributed by atoms with Crippen molar-refractivity contribution >= 4 is 17.6 Å². The number of nitrogens with zero attached hydrogens (tertiary/aromatic N) is 5. The number of halogens is 1. The van der Waals surface area contributed by atoms with Crippen LogP contribution in [0.5, 0.6) is 5.75 Å². The van der Waals surface area contributed by atoms with E-state index in [9.17, 15) is 4.39 Å². The van der Waals surface area contributed by atoms with E-state index in [1.54, 1.807) is 30.5 Å². The van der Waals surface area contributed by atoms with Gasteiger partial charge >= 0.3 is 0 Å². The molecule has 0 aliphatic carbocycles. The highest BCUT2D eigenvalue weighted by Crippen LogP contribution is 2.23. The number of ether oxygens (including phenoxy) is 1. The predicted octanol–water partition coefficient (Wildman–Crippen LogP) is 2.60. The Bertz CT molecular complexity index is 925. The number of benzene rings is 1. The number of hydrogen-bond acceptors (Lipinski definition) is 7. The molecular formula is C19H22FN7O. The molecule has 146 valence electrons. The molecule has 1 fully saturated rings. The van der Waals surface area contributed by atoms with E-state index in [4.69, 9.17) is 10.5 Å². The van der Waals surface area contributed by atoms with E-state index in [1.165, 1.54) is 23.6 Å². The molecule has 9 heteroatoms. The number of rotatable bonds is 7. The standard InChI is InChI=1S/C19H22FN7O/c20-15-13-14(6-7-16(15)28-12-11-26-9-3-4-10-26)23-19-24-18(21)27(25-19)17-5-1-2-8-22-17/h1-2,5-8,13H,3-4,9-12H2,(H3,21,23,24,25). The molecule has 1 aliphatic rings. The second-order valence-corrected chi connectivity index (χ2v) is 6.56. The molecule has 1 aliphatic heterocycles. The molecule has 1 aromatic carbocycles. The summed E-state index contributed by atoms with van der Waals surface area (Å²) in [4.78, 5) is 10.7. The number of likely N-dealkylation sites (tertiary alicyclic amines) is 1. The average molecular weight is 383 g/mol. The Morgan fingerprint density at radius 2 is 2.04 bits per heavy atom. The zero-order valence-corrected chi connectivity index (χ0v) is 15.4. The second-order valence-electron chi connectivity index (χ2n) is 6.56. The maximum absolute atomic E-state index is 14.3. The van der Waals surface area contributed by atoms with Crippen LogP contribution in [0.15, 0.2) is 42.6 Å². The smallest absolute Gasteiger partial charge is 0.248 e. The van der Waals surface area contributed by atoms with Gasteiger partial charge in [0.15, 0.2) is 17.4 Å². The number of aromatic nitrogens is 4. The van der Waals surface area contributed by atoms with E-state index in [0.717, 1.165) is 19.6 Å². The first kappa shape index (κ1) is 18.2. The van der Waals surface area contributed by atoms with Crippen LogP contribution in [0.25, 0.3) is 5.82 Å². The molecule has 0 unspecified atom stereocenters. The van der Waals surface area contributed by atoms with Crippen molar-refractivity contribution in [3.8, 4) is 11.6 Å². The van der Waals surface area contributed by atoms with E-state index >= 15 is 0 Å². The molecule has 0 radical (unpaired) electrons. The van der Waals surface area contributed by atoms with Crippen LogP contribution in [0, 0.1) is 5.82 Å². The number of nitrogen functional groups attached to an aromatic ring is 1. The van der Waals surface area contributed by atoms with Crippen molar-refractivity contribution in [3.63, 3.8) is 0 Å². The van der Waals surface area contributed by atoms with Crippen LogP contribution in [0.2, 0.25) is 0 Å². The summed E-state index contributed by atoms with van der Waals surface area (Å²) in [5.41, 5.74) is 6.40. The van der Waals surface area contributed by atoms with Crippen molar-refractivity contribution in [2.45, 2.75) is 12.8 Å². The summed E-state index contributed by atoms with van der Waals surface area (Å²) in [6.45, 7) is 3.47. The Hall–Kier alpha value is -3.20. The van der Waals surface area contributed by atoms with Crippen LogP contribution < -0.4 is 15.8 Å². The van der Waals surface area contributed by atoms with Crippen LogP contribution in [-0.4, -0.2) is 50.9 Å². The maximum atomic E-state index is 14.3. The van der Waals surface area contributed by atoms with E-state index in [0.29, 0.717) is 18.1 Å². The molecule has 28 heavy (non-hydrogen) atoms. The zero-order valence-electron chi connectivity index (χ0n) is 15.4. The van der Waals surface area contributed by atoms with Crippen molar-refractivity contribution in [3.05, 3.63) is 48.4 Å². The Balaban J connectivity index is 1.39. The Labute approximate surface area is 162 Å². The summed E-state index contributed by atoms with van der Waals surface area (Å²) in [5.74, 6) is 0.780. The van der Waals surface area contributed by atoms with Crippen molar-refractivity contribution in [1.29, 1.82) is 0 Å². The minimum Gasteiger partial charge on any atom is -0.489 e. The van der Waals surface area contributed by atoms with Crippen molar-refractivity contribution in [1.82, 2.24) is 24.6 Å². The third-order valence-electron chi connectivity index (χ3n) is 4.55. The number of anilines is 3. The van der Waals surface area contributed by atoms with Crippen LogP contribution in [0.1, 0.15) is 12.8 Å². The van der Waals surface area contributed by atoms with Gasteiger partial charge < -0.3 is 15.8 Å². The third-order valence-corrected chi connectivity index (χ3v) is 4.55. The minimum atomic E-state index is -0.441. The highest BCUT2D eigenvalue weighted by Gasteiger charge is 2.13. The lowest BCUT2D eigenvalue weighted by molar-refractivity contribution is 0.231. The minimum absolute atomic E-state index is 0.184. The fourth-order valence-electron chi connectivity index (χ4n) is 3.14. The normalized spacial score (nSPS) is 14.3. The summed E-state index contributed by atoms with van der Waals surface area (Å²) in [6, 6.07) is 10.1. The molecule has 0 bridgehead atoms. The van der Waals surface area contributed by atoms with E-state index in [1.807, 2.05) is 6.07 Å². The van der Waals surface area contributed by atoms with Crippen molar-refractivity contribution in [2.75, 3.05) is 37.3 Å². The van der Waals surface area contributed by atoms with Crippen LogP contribution in [0.3, 0.4) is 0 Å². The Morgan fingerprint density at radius 1 is 1.18 bits per heavy atom. The SMILES string of the molecule is Nc1nc(Nc2ccc(OCCN3CCCC3)c(F)c2)nn1-c1ccccn1. The van der Waals surface area contributed by atoms with E-state index in [-0.39, 0.29) is 17.6 Å². The van der Waals surface area contributed by atoms with Crippen molar-refractivity contribution < 1.29 is 9.13 Å². The van der Waals surface area contributed by atoms with Gasteiger partial charge in [-0.05, 0) is 50.2 Å². The monoisotopic (exact) mass is 383 g/mol. The van der Waals surface area contributed by atoms with E-state index in [2.05, 4.69) is 25.3 Å². The van der Waals surface area contributed by atoms with Gasteiger partial charge in [0.05, 0.1) is 0 Å². The van der Waals surface area contributed by atoms with Gasteiger partial charge in [-0.3, -0.25) is 4.90 Å². The first-order chi connectivity index (χ1) is 13.7. The van der Waals surface area contributed by atoms with E-state index < -0.39 is 5.82 Å². The molecule has 4 rings (SSSR count). The Morgan fingerprint density at radius 3 is 2.79 bits per heavy atom. The number of pyridine rings is 1. The molecule has 8 nitrogen and oxygen atoms in total. The Kier molecular flexibility index (Phi) is 5.34. The molecular weight excluding hydrogens is 361 g/mol. The molecule has 1 saturated heterocycles. The lowest BCUT2D eigenvalue weighted by atomic mass is 10.3. The largest absolute Gasteiger partial charge is 0.489 e. The summed E-state index contributed by atoms with van der Waals surface area (Å²) < 4.78 is 21.3. The van der Waals surface area contributed by atoms with Crippen LogP contribution in [-0.2, 0) is 0 Å². The molecule has 0 saturated carbocycles. The third kappa shape index (κ3) is 4.20. The molecule has 3 heterocycles. The fourth-order valence-corrected chi connectivity index (χ4v) is 3.14. The van der Waals surface area contributed by atoms with Gasteiger partial charge in [-0.25, -0.2) is 9.37 Å². The first-order valence-corrected chi connectivity index (χ1v) is 9.25. The lowest BCUT2D eigenvalue weighted by Crippen LogP contribution is -2.25. The molecule has 0 amide bonds. The first-order valence-electron chi connectivity index (χ1n) is 9.25. The summed E-state index contributed by atoms with van der Waals surface area (Å²) in [7, 11) is 0. The molecule has 2 aromatic heterocycles. The van der Waals surface area contributed by atoms with Gasteiger partial charge in [0, 0.05) is 24.5 Å². The quantitative estimate of drug-likeness (QED) is 0.648. The maximum Gasteiger partial charge on any atom is 0.248 e. The number of nitrogens with one attached hydrogen (secondary N) is 1. The van der Waals surface area contributed by atoms with Gasteiger partial charge in [0.25, 0.3) is 0 Å². The molecule has 0 spiro atoms. The van der Waals surface area contributed by atoms with Crippen LogP contribution in [0.4, 0.5) is 22.0 Å². The molecule has 3 aromatic rings. The summed E-state index contributed by atoms with van der Waals surface area (Å²) in [6.07, 6.45) is 4.09. The van der Waals surface area contributed by atoms with Crippen molar-refractivity contribution in [2.24, 2.45) is 0 Å². The number of hydrogen-bond donors (Lipinski definition) is 2. The molecule has 0 atom stereocenters. The lowest BCUT2D eigenvalue weighted by Gasteiger charge is -2.15.